The third-order valence-corrected chi connectivity index (χ3v) is 2.25. The average Bonchev–Trinajstić information content (AvgIpc) is 1.37. The van der Waals surface area contributed by atoms with Gasteiger partial charge in [0.05, 0.1) is 0 Å². The van der Waals surface area contributed by atoms with E-state index >= 15 is 0 Å². The molecule has 0 rings (SSSR count). The van der Waals surface area contributed by atoms with Crippen LogP contribution in [0.25, 0.3) is 0 Å². The Labute approximate surface area is 59.3 Å². The van der Waals surface area contributed by atoms with E-state index in [-0.39, 0.29) is 7.43 Å². The predicted octanol–water partition coefficient (Wildman–Crippen LogP) is 0.242. The molecular weight excluding hydrogens is 277 g/mol. The SMILES string of the molecule is C.[Sn][N]=[N][Sn]. The molecule has 0 aliphatic rings. The minimum absolute atomic E-state index is 0. The van der Waals surface area contributed by atoms with Crippen LogP contribution in [0.15, 0.2) is 6.67 Å². The molecule has 2 nitrogen and oxygen atoms in total. The van der Waals surface area contributed by atoms with Gasteiger partial charge in [-0.2, -0.15) is 0 Å². The van der Waals surface area contributed by atoms with Gasteiger partial charge in [0, 0.05) is 0 Å². The second-order valence-corrected chi connectivity index (χ2v) is 1.34. The van der Waals surface area contributed by atoms with Crippen LogP contribution in [0.4, 0.5) is 0 Å². The van der Waals surface area contributed by atoms with Crippen LogP contribution in [0.2, 0.25) is 0 Å². The van der Waals surface area contributed by atoms with Gasteiger partial charge < -0.3 is 0 Å². The van der Waals surface area contributed by atoms with Gasteiger partial charge in [-0.15, -0.1) is 0 Å². The topological polar surface area (TPSA) is 24.7 Å². The molecule has 0 aliphatic carbocycles. The average molecular weight is 281 g/mol. The van der Waals surface area contributed by atoms with Crippen LogP contribution in [0.1, 0.15) is 7.43 Å². The molecule has 0 aromatic rings. The summed E-state index contributed by atoms with van der Waals surface area (Å²) in [7, 11) is 0. The summed E-state index contributed by atoms with van der Waals surface area (Å²) in [6.45, 7) is 0. The Morgan fingerprint density at radius 1 is 1.00 bits per heavy atom. The van der Waals surface area contributed by atoms with Crippen LogP contribution in [0.5, 0.6) is 0 Å². The third kappa shape index (κ3) is 11.0. The number of nitrogens with zero attached hydrogens (tertiary/aromatic N) is 2. The summed E-state index contributed by atoms with van der Waals surface area (Å²) < 4.78 is 6.98. The van der Waals surface area contributed by atoms with E-state index in [0.29, 0.717) is 0 Å². The van der Waals surface area contributed by atoms with E-state index in [2.05, 4.69) is 6.67 Å². The maximum atomic E-state index is 3.49. The van der Waals surface area contributed by atoms with Crippen molar-refractivity contribution in [3.05, 3.63) is 0 Å². The van der Waals surface area contributed by atoms with Gasteiger partial charge in [-0.1, -0.05) is 7.43 Å². The first-order chi connectivity index (χ1) is 1.91. The van der Waals surface area contributed by atoms with Crippen molar-refractivity contribution in [3.8, 4) is 0 Å². The van der Waals surface area contributed by atoms with Gasteiger partial charge in [0.25, 0.3) is 0 Å². The van der Waals surface area contributed by atoms with Crippen LogP contribution in [-0.2, 0) is 0 Å². The van der Waals surface area contributed by atoms with Crippen molar-refractivity contribution < 1.29 is 0 Å². The quantitative estimate of drug-likeness (QED) is 0.449. The molecule has 0 atom stereocenters. The first-order valence-corrected chi connectivity index (χ1v) is 3.20. The molecule has 0 aromatic heterocycles. The molecule has 0 spiro atoms. The molecule has 0 heterocycles. The van der Waals surface area contributed by atoms with Gasteiger partial charge in [0.15, 0.2) is 0 Å². The molecule has 4 heteroatoms. The third-order valence-electron chi connectivity index (χ3n) is 0.0500. The van der Waals surface area contributed by atoms with Gasteiger partial charge in [-0.25, -0.2) is 0 Å². The summed E-state index contributed by atoms with van der Waals surface area (Å²) in [5, 5.41) is 0. The Morgan fingerprint density at radius 3 is 1.20 bits per heavy atom. The summed E-state index contributed by atoms with van der Waals surface area (Å²) in [6, 6.07) is 0. The van der Waals surface area contributed by atoms with Gasteiger partial charge in [0.2, 0.25) is 0 Å². The minimum atomic E-state index is 0. The van der Waals surface area contributed by atoms with Crippen molar-refractivity contribution in [1.29, 1.82) is 0 Å². The predicted molar refractivity (Wildman–Crippen MR) is 23.1 cm³/mol. The number of hydrogen-bond donors (Lipinski definition) is 0. The van der Waals surface area contributed by atoms with Gasteiger partial charge in [0.1, 0.15) is 0 Å². The monoisotopic (exact) mass is 284 g/mol. The van der Waals surface area contributed by atoms with E-state index in [1.807, 2.05) is 0 Å². The fourth-order valence-electron chi connectivity index (χ4n) is 0. The fraction of sp³-hybridized carbons (Fsp3) is 1.00. The molecule has 0 aliphatic heterocycles. The van der Waals surface area contributed by atoms with E-state index in [1.165, 1.54) is 0 Å². The van der Waals surface area contributed by atoms with E-state index in [1.54, 1.807) is 0 Å². The molecule has 0 unspecified atom stereocenters. The zero-order chi connectivity index (χ0) is 3.41. The van der Waals surface area contributed by atoms with E-state index in [0.717, 1.165) is 45.6 Å². The molecule has 0 N–H and O–H groups in total. The van der Waals surface area contributed by atoms with Gasteiger partial charge in [-0.3, -0.25) is 0 Å². The Hall–Kier alpha value is 1.20. The first-order valence-electron chi connectivity index (χ1n) is 0.647. The summed E-state index contributed by atoms with van der Waals surface area (Å²) in [4.78, 5) is 0. The molecule has 5 heavy (non-hydrogen) atoms. The molecule has 0 bridgehead atoms. The molecule has 6 radical (unpaired) electrons. The van der Waals surface area contributed by atoms with Crippen LogP contribution >= 0.6 is 0 Å². The normalized spacial score (nSPS) is 7.60. The Morgan fingerprint density at radius 2 is 1.20 bits per heavy atom. The fourth-order valence-corrected chi connectivity index (χ4v) is 0. The summed E-state index contributed by atoms with van der Waals surface area (Å²) >= 11 is 2.30. The van der Waals surface area contributed by atoms with Crippen molar-refractivity contribution in [1.82, 2.24) is 0 Å². The molecular formula is CH4N2Sn2. The Balaban J connectivity index is 0. The first kappa shape index (κ1) is 9.50. The molecule has 0 saturated heterocycles. The molecule has 0 aromatic carbocycles. The van der Waals surface area contributed by atoms with Crippen LogP contribution in [0, 0.1) is 0 Å². The second-order valence-electron chi connectivity index (χ2n) is 0.200. The van der Waals surface area contributed by atoms with E-state index < -0.39 is 0 Å². The van der Waals surface area contributed by atoms with Gasteiger partial charge in [-0.05, 0) is 0 Å². The van der Waals surface area contributed by atoms with Gasteiger partial charge >= 0.3 is 52.3 Å². The van der Waals surface area contributed by atoms with Crippen LogP contribution < -0.4 is 0 Å². The Kier molecular flexibility index (Phi) is 17.0. The van der Waals surface area contributed by atoms with Crippen molar-refractivity contribution in [2.75, 3.05) is 0 Å². The summed E-state index contributed by atoms with van der Waals surface area (Å²) in [5.41, 5.74) is 0. The van der Waals surface area contributed by atoms with E-state index in [4.69, 9.17) is 0 Å². The van der Waals surface area contributed by atoms with Crippen molar-refractivity contribution in [3.63, 3.8) is 0 Å². The second kappa shape index (κ2) is 8.96. The molecule has 0 saturated carbocycles. The number of hydrogen-bond acceptors (Lipinski definition) is 2. The van der Waals surface area contributed by atoms with Crippen molar-refractivity contribution in [2.45, 2.75) is 7.43 Å². The standard InChI is InChI=1S/CH4.N2.2Sn/c;1-2;;/h1H4;;;/q;-2;2*+1. The molecule has 26 valence electrons. The number of rotatable bonds is 0. The zero-order valence-electron chi connectivity index (χ0n) is 1.89. The maximum absolute atomic E-state index is 3.49. The Bertz CT molecular complexity index is 22.8. The molecule has 0 fully saturated rings. The summed E-state index contributed by atoms with van der Waals surface area (Å²) in [6.07, 6.45) is 0. The van der Waals surface area contributed by atoms with Crippen molar-refractivity contribution in [2.24, 2.45) is 6.67 Å². The summed E-state index contributed by atoms with van der Waals surface area (Å²) in [5.74, 6) is 0. The van der Waals surface area contributed by atoms with Crippen molar-refractivity contribution >= 4 is 45.6 Å². The zero-order valence-corrected chi connectivity index (χ0v) is 7.60. The van der Waals surface area contributed by atoms with Crippen LogP contribution in [-0.4, -0.2) is 45.6 Å². The van der Waals surface area contributed by atoms with E-state index in [9.17, 15) is 0 Å². The molecule has 0 amide bonds. The van der Waals surface area contributed by atoms with Crippen LogP contribution in [0.3, 0.4) is 0 Å².